The van der Waals surface area contributed by atoms with Gasteiger partial charge >= 0.3 is 5.97 Å². The Kier molecular flexibility index (Phi) is 5.45. The Morgan fingerprint density at radius 3 is 2.61 bits per heavy atom. The second kappa shape index (κ2) is 6.86. The minimum Gasteiger partial charge on any atom is -0.503 e. The summed E-state index contributed by atoms with van der Waals surface area (Å²) in [5.74, 6) is -0.614. The molecule has 0 spiro atoms. The predicted molar refractivity (Wildman–Crippen MR) is 71.0 cm³/mol. The third-order valence-electron chi connectivity index (χ3n) is 2.20. The van der Waals surface area contributed by atoms with Gasteiger partial charge in [0.2, 0.25) is 0 Å². The third kappa shape index (κ3) is 3.92. The van der Waals surface area contributed by atoms with Crippen LogP contribution < -0.4 is 0 Å². The SMILES string of the molecule is COC=C(C(=O)O)c1ccccc1CSC(C)=O. The lowest BCUT2D eigenvalue weighted by Crippen LogP contribution is -2.03. The summed E-state index contributed by atoms with van der Waals surface area (Å²) >= 11 is 1.15. The van der Waals surface area contributed by atoms with E-state index in [0.717, 1.165) is 17.3 Å². The molecule has 0 aliphatic rings. The van der Waals surface area contributed by atoms with E-state index in [0.29, 0.717) is 11.3 Å². The highest BCUT2D eigenvalue weighted by Crippen LogP contribution is 2.23. The summed E-state index contributed by atoms with van der Waals surface area (Å²) in [7, 11) is 1.40. The van der Waals surface area contributed by atoms with Crippen LogP contribution in [-0.2, 0) is 20.1 Å². The van der Waals surface area contributed by atoms with Crippen molar-refractivity contribution in [3.8, 4) is 0 Å². The van der Waals surface area contributed by atoms with E-state index in [9.17, 15) is 9.59 Å². The van der Waals surface area contributed by atoms with Crippen LogP contribution >= 0.6 is 11.8 Å². The molecule has 0 unspecified atom stereocenters. The number of hydrogen-bond donors (Lipinski definition) is 1. The Labute approximate surface area is 110 Å². The van der Waals surface area contributed by atoms with Crippen LogP contribution in [0.25, 0.3) is 5.57 Å². The summed E-state index contributed by atoms with van der Waals surface area (Å²) < 4.78 is 4.78. The summed E-state index contributed by atoms with van der Waals surface area (Å²) in [6, 6.07) is 7.07. The maximum atomic E-state index is 11.2. The lowest BCUT2D eigenvalue weighted by atomic mass is 10.0. The molecule has 0 fully saturated rings. The zero-order valence-corrected chi connectivity index (χ0v) is 11.0. The van der Waals surface area contributed by atoms with Crippen LogP contribution in [0.1, 0.15) is 18.1 Å². The molecule has 0 atom stereocenters. The molecule has 96 valence electrons. The van der Waals surface area contributed by atoms with Crippen molar-refractivity contribution in [2.45, 2.75) is 12.7 Å². The molecule has 1 aromatic rings. The Morgan fingerprint density at radius 1 is 1.39 bits per heavy atom. The second-order valence-electron chi connectivity index (χ2n) is 3.51. The number of benzene rings is 1. The highest BCUT2D eigenvalue weighted by atomic mass is 32.2. The first kappa shape index (κ1) is 14.3. The van der Waals surface area contributed by atoms with Gasteiger partial charge in [0.1, 0.15) is 5.57 Å². The van der Waals surface area contributed by atoms with Crippen molar-refractivity contribution in [1.29, 1.82) is 0 Å². The molecule has 0 amide bonds. The van der Waals surface area contributed by atoms with E-state index in [1.54, 1.807) is 18.2 Å². The van der Waals surface area contributed by atoms with Crippen LogP contribution in [-0.4, -0.2) is 23.3 Å². The van der Waals surface area contributed by atoms with E-state index in [1.807, 2.05) is 6.07 Å². The van der Waals surface area contributed by atoms with Gasteiger partial charge in [0.25, 0.3) is 0 Å². The number of rotatable bonds is 5. The minimum absolute atomic E-state index is 0.00241. The molecule has 5 heteroatoms. The summed E-state index contributed by atoms with van der Waals surface area (Å²) in [6.45, 7) is 1.48. The maximum Gasteiger partial charge on any atom is 0.339 e. The minimum atomic E-state index is -1.06. The van der Waals surface area contributed by atoms with Gasteiger partial charge in [-0.3, -0.25) is 4.79 Å². The van der Waals surface area contributed by atoms with E-state index in [2.05, 4.69) is 0 Å². The number of carboxylic acids is 1. The Balaban J connectivity index is 3.10. The zero-order chi connectivity index (χ0) is 13.5. The molecule has 1 N–H and O–H groups in total. The number of ether oxygens (including phenoxy) is 1. The Hall–Kier alpha value is -1.75. The molecule has 0 aliphatic carbocycles. The molecular formula is C13H14O4S. The van der Waals surface area contributed by atoms with Crippen molar-refractivity contribution in [2.75, 3.05) is 7.11 Å². The molecule has 4 nitrogen and oxygen atoms in total. The summed E-state index contributed by atoms with van der Waals surface area (Å²) in [4.78, 5) is 22.1. The fourth-order valence-corrected chi connectivity index (χ4v) is 2.05. The van der Waals surface area contributed by atoms with Crippen LogP contribution in [0.3, 0.4) is 0 Å². The van der Waals surface area contributed by atoms with Crippen molar-refractivity contribution >= 4 is 28.4 Å². The molecule has 18 heavy (non-hydrogen) atoms. The van der Waals surface area contributed by atoms with Gasteiger partial charge in [-0.05, 0) is 11.1 Å². The zero-order valence-electron chi connectivity index (χ0n) is 10.2. The van der Waals surface area contributed by atoms with E-state index < -0.39 is 5.97 Å². The number of carboxylic acid groups (broad SMARTS) is 1. The van der Waals surface area contributed by atoms with E-state index in [4.69, 9.17) is 9.84 Å². The van der Waals surface area contributed by atoms with Crippen molar-refractivity contribution in [3.05, 3.63) is 41.7 Å². The quantitative estimate of drug-likeness (QED) is 0.655. The lowest BCUT2D eigenvalue weighted by Gasteiger charge is -2.09. The van der Waals surface area contributed by atoms with Gasteiger partial charge in [-0.1, -0.05) is 36.0 Å². The Bertz CT molecular complexity index is 480. The number of hydrogen-bond acceptors (Lipinski definition) is 4. The van der Waals surface area contributed by atoms with Crippen LogP contribution in [0.15, 0.2) is 30.5 Å². The van der Waals surface area contributed by atoms with E-state index >= 15 is 0 Å². The number of methoxy groups -OCH3 is 1. The highest BCUT2D eigenvalue weighted by molar-refractivity contribution is 8.12. The average molecular weight is 266 g/mol. The number of carbonyl (C=O) groups is 2. The number of aliphatic carboxylic acids is 1. The van der Waals surface area contributed by atoms with Gasteiger partial charge in [-0.25, -0.2) is 4.79 Å². The average Bonchev–Trinajstić information content (AvgIpc) is 2.33. The smallest absolute Gasteiger partial charge is 0.339 e. The van der Waals surface area contributed by atoms with Gasteiger partial charge in [-0.15, -0.1) is 0 Å². The number of thioether (sulfide) groups is 1. The lowest BCUT2D eigenvalue weighted by molar-refractivity contribution is -0.130. The molecular weight excluding hydrogens is 252 g/mol. The molecule has 0 bridgehead atoms. The molecule has 1 aromatic carbocycles. The predicted octanol–water partition coefficient (Wildman–Crippen LogP) is 2.54. The molecule has 1 rings (SSSR count). The molecule has 0 saturated heterocycles. The van der Waals surface area contributed by atoms with Gasteiger partial charge in [0, 0.05) is 12.7 Å². The van der Waals surface area contributed by atoms with E-state index in [-0.39, 0.29) is 10.7 Å². The molecule has 0 aromatic heterocycles. The van der Waals surface area contributed by atoms with Crippen LogP contribution in [0, 0.1) is 0 Å². The summed E-state index contributed by atoms with van der Waals surface area (Å²) in [5.41, 5.74) is 1.45. The largest absolute Gasteiger partial charge is 0.503 e. The van der Waals surface area contributed by atoms with Gasteiger partial charge in [0.15, 0.2) is 5.12 Å². The third-order valence-corrected chi connectivity index (χ3v) is 3.07. The molecule has 0 radical (unpaired) electrons. The highest BCUT2D eigenvalue weighted by Gasteiger charge is 2.15. The fourth-order valence-electron chi connectivity index (χ4n) is 1.44. The molecule has 0 saturated carbocycles. The van der Waals surface area contributed by atoms with Crippen LogP contribution in [0.2, 0.25) is 0 Å². The summed E-state index contributed by atoms with van der Waals surface area (Å²) in [5, 5.41) is 9.14. The second-order valence-corrected chi connectivity index (χ2v) is 4.66. The van der Waals surface area contributed by atoms with Crippen LogP contribution in [0.4, 0.5) is 0 Å². The number of carbonyl (C=O) groups excluding carboxylic acids is 1. The normalized spacial score (nSPS) is 11.1. The fraction of sp³-hybridized carbons (Fsp3) is 0.231. The van der Waals surface area contributed by atoms with Gasteiger partial charge < -0.3 is 9.84 Å². The Morgan fingerprint density at radius 2 is 2.06 bits per heavy atom. The van der Waals surface area contributed by atoms with Gasteiger partial charge in [-0.2, -0.15) is 0 Å². The van der Waals surface area contributed by atoms with Crippen LogP contribution in [0.5, 0.6) is 0 Å². The maximum absolute atomic E-state index is 11.2. The first-order valence-corrected chi connectivity index (χ1v) is 6.22. The van der Waals surface area contributed by atoms with Crippen molar-refractivity contribution < 1.29 is 19.4 Å². The molecule has 0 heterocycles. The first-order chi connectivity index (χ1) is 8.56. The van der Waals surface area contributed by atoms with Crippen molar-refractivity contribution in [1.82, 2.24) is 0 Å². The van der Waals surface area contributed by atoms with Gasteiger partial charge in [0.05, 0.1) is 13.4 Å². The standard InChI is InChI=1S/C13H14O4S/c1-9(14)18-8-10-5-3-4-6-11(10)12(7-17-2)13(15)16/h3-7H,8H2,1-2H3,(H,15,16). The topological polar surface area (TPSA) is 63.6 Å². The van der Waals surface area contributed by atoms with Crippen molar-refractivity contribution in [2.24, 2.45) is 0 Å². The molecule has 0 aliphatic heterocycles. The van der Waals surface area contributed by atoms with Crippen molar-refractivity contribution in [3.63, 3.8) is 0 Å². The first-order valence-electron chi connectivity index (χ1n) is 5.24. The van der Waals surface area contributed by atoms with E-state index in [1.165, 1.54) is 20.3 Å². The summed E-state index contributed by atoms with van der Waals surface area (Å²) in [6.07, 6.45) is 1.19. The monoisotopic (exact) mass is 266 g/mol.